The molecule has 1 aromatic carbocycles. The molecule has 1 aliphatic heterocycles. The van der Waals surface area contributed by atoms with Gasteiger partial charge in [-0.1, -0.05) is 18.2 Å². The van der Waals surface area contributed by atoms with Crippen molar-refractivity contribution in [3.8, 4) is 5.75 Å². The summed E-state index contributed by atoms with van der Waals surface area (Å²) in [5.74, 6) is 0.627. The zero-order valence-electron chi connectivity index (χ0n) is 13.2. The lowest BCUT2D eigenvalue weighted by Crippen LogP contribution is -2.32. The second kappa shape index (κ2) is 7.28. The molecule has 1 aliphatic rings. The van der Waals surface area contributed by atoms with E-state index in [1.165, 1.54) is 0 Å². The standard InChI is InChI=1S/C17H21N3O3/c1-13-5-2-3-7-16(13)23-12-20-9-8-15(19-20)17(21)18-11-14-6-4-10-22-14/h2-3,5,7-9,14H,4,6,10-12H2,1H3,(H,18,21). The summed E-state index contributed by atoms with van der Waals surface area (Å²) in [6.45, 7) is 3.57. The minimum absolute atomic E-state index is 0.130. The van der Waals surface area contributed by atoms with Crippen LogP contribution in [0.2, 0.25) is 0 Å². The fourth-order valence-electron chi connectivity index (χ4n) is 2.51. The zero-order valence-corrected chi connectivity index (χ0v) is 13.2. The van der Waals surface area contributed by atoms with Crippen molar-refractivity contribution in [2.45, 2.75) is 32.6 Å². The summed E-state index contributed by atoms with van der Waals surface area (Å²) in [4.78, 5) is 12.1. The number of para-hydroxylation sites is 1. The number of aryl methyl sites for hydroxylation is 1. The summed E-state index contributed by atoms with van der Waals surface area (Å²) < 4.78 is 12.8. The molecule has 1 fully saturated rings. The second-order valence-electron chi connectivity index (χ2n) is 5.62. The smallest absolute Gasteiger partial charge is 0.271 e. The third kappa shape index (κ3) is 4.10. The van der Waals surface area contributed by atoms with E-state index in [1.807, 2.05) is 31.2 Å². The molecule has 2 heterocycles. The van der Waals surface area contributed by atoms with Gasteiger partial charge in [0.15, 0.2) is 6.73 Å². The molecule has 1 N–H and O–H groups in total. The van der Waals surface area contributed by atoms with Gasteiger partial charge in [0.25, 0.3) is 5.91 Å². The molecule has 0 bridgehead atoms. The van der Waals surface area contributed by atoms with Gasteiger partial charge in [-0.2, -0.15) is 5.10 Å². The lowest BCUT2D eigenvalue weighted by molar-refractivity contribution is 0.0852. The number of nitrogens with one attached hydrogen (secondary N) is 1. The summed E-state index contributed by atoms with van der Waals surface area (Å²) in [5.41, 5.74) is 1.45. The van der Waals surface area contributed by atoms with E-state index in [-0.39, 0.29) is 18.7 Å². The Morgan fingerprint density at radius 2 is 2.30 bits per heavy atom. The van der Waals surface area contributed by atoms with Gasteiger partial charge in [-0.3, -0.25) is 4.79 Å². The largest absolute Gasteiger partial charge is 0.471 e. The maximum Gasteiger partial charge on any atom is 0.271 e. The summed E-state index contributed by atoms with van der Waals surface area (Å²) in [7, 11) is 0. The van der Waals surface area contributed by atoms with Crippen LogP contribution < -0.4 is 10.1 Å². The van der Waals surface area contributed by atoms with Crippen LogP contribution in [-0.2, 0) is 11.5 Å². The van der Waals surface area contributed by atoms with E-state index in [4.69, 9.17) is 9.47 Å². The average Bonchev–Trinajstić information content (AvgIpc) is 3.23. The number of ether oxygens (including phenoxy) is 2. The van der Waals surface area contributed by atoms with Crippen LogP contribution in [0, 0.1) is 6.92 Å². The first-order chi connectivity index (χ1) is 11.2. The molecule has 1 saturated heterocycles. The average molecular weight is 315 g/mol. The van der Waals surface area contributed by atoms with Crippen molar-refractivity contribution in [1.29, 1.82) is 0 Å². The molecule has 1 unspecified atom stereocenters. The SMILES string of the molecule is Cc1ccccc1OCn1ccc(C(=O)NCC2CCCO2)n1. The fraction of sp³-hybridized carbons (Fsp3) is 0.412. The van der Waals surface area contributed by atoms with Crippen LogP contribution in [0.25, 0.3) is 0 Å². The molecule has 0 radical (unpaired) electrons. The number of benzene rings is 1. The highest BCUT2D eigenvalue weighted by Gasteiger charge is 2.17. The third-order valence-electron chi connectivity index (χ3n) is 3.83. The van der Waals surface area contributed by atoms with E-state index in [9.17, 15) is 4.79 Å². The van der Waals surface area contributed by atoms with Crippen molar-refractivity contribution in [2.75, 3.05) is 13.2 Å². The van der Waals surface area contributed by atoms with Gasteiger partial charge >= 0.3 is 0 Å². The number of hydrogen-bond acceptors (Lipinski definition) is 4. The fourth-order valence-corrected chi connectivity index (χ4v) is 2.51. The third-order valence-corrected chi connectivity index (χ3v) is 3.83. The molecule has 6 heteroatoms. The summed E-state index contributed by atoms with van der Waals surface area (Å²) in [6.07, 6.45) is 3.93. The molecule has 1 aromatic heterocycles. The summed E-state index contributed by atoms with van der Waals surface area (Å²) in [6, 6.07) is 9.48. The highest BCUT2D eigenvalue weighted by Crippen LogP contribution is 2.16. The molecule has 2 aromatic rings. The van der Waals surface area contributed by atoms with E-state index in [0.717, 1.165) is 30.8 Å². The Morgan fingerprint density at radius 1 is 1.43 bits per heavy atom. The van der Waals surface area contributed by atoms with Gasteiger partial charge in [-0.15, -0.1) is 0 Å². The van der Waals surface area contributed by atoms with Crippen molar-refractivity contribution in [1.82, 2.24) is 15.1 Å². The Hall–Kier alpha value is -2.34. The quantitative estimate of drug-likeness (QED) is 0.887. The molecule has 122 valence electrons. The minimum Gasteiger partial charge on any atom is -0.471 e. The van der Waals surface area contributed by atoms with E-state index in [2.05, 4.69) is 10.4 Å². The number of rotatable bonds is 6. The van der Waals surface area contributed by atoms with Gasteiger partial charge in [-0.05, 0) is 37.5 Å². The first-order valence-corrected chi connectivity index (χ1v) is 7.84. The van der Waals surface area contributed by atoms with Crippen molar-refractivity contribution in [3.63, 3.8) is 0 Å². The molecule has 0 aliphatic carbocycles. The number of carbonyl (C=O) groups excluding carboxylic acids is 1. The van der Waals surface area contributed by atoms with Crippen LogP contribution >= 0.6 is 0 Å². The predicted octanol–water partition coefficient (Wildman–Crippen LogP) is 2.14. The van der Waals surface area contributed by atoms with Crippen LogP contribution in [-0.4, -0.2) is 34.9 Å². The lowest BCUT2D eigenvalue weighted by atomic mass is 10.2. The van der Waals surface area contributed by atoms with Crippen molar-refractivity contribution in [3.05, 3.63) is 47.8 Å². The normalized spacial score (nSPS) is 17.2. The first kappa shape index (κ1) is 15.6. The number of amides is 1. The summed E-state index contributed by atoms with van der Waals surface area (Å²) in [5, 5.41) is 7.10. The van der Waals surface area contributed by atoms with Gasteiger partial charge in [0, 0.05) is 19.3 Å². The number of hydrogen-bond donors (Lipinski definition) is 1. The number of nitrogens with zero attached hydrogens (tertiary/aromatic N) is 2. The predicted molar refractivity (Wildman–Crippen MR) is 85.3 cm³/mol. The summed E-state index contributed by atoms with van der Waals surface area (Å²) >= 11 is 0. The Morgan fingerprint density at radius 3 is 3.09 bits per heavy atom. The number of aromatic nitrogens is 2. The van der Waals surface area contributed by atoms with Crippen LogP contribution in [0.4, 0.5) is 0 Å². The van der Waals surface area contributed by atoms with Gasteiger partial charge < -0.3 is 14.8 Å². The lowest BCUT2D eigenvalue weighted by Gasteiger charge is -2.10. The second-order valence-corrected chi connectivity index (χ2v) is 5.62. The van der Waals surface area contributed by atoms with E-state index >= 15 is 0 Å². The maximum absolute atomic E-state index is 12.1. The van der Waals surface area contributed by atoms with Gasteiger partial charge in [0.05, 0.1) is 6.10 Å². The molecule has 0 spiro atoms. The van der Waals surface area contributed by atoms with Crippen molar-refractivity contribution in [2.24, 2.45) is 0 Å². The van der Waals surface area contributed by atoms with E-state index < -0.39 is 0 Å². The highest BCUT2D eigenvalue weighted by atomic mass is 16.5. The molecule has 23 heavy (non-hydrogen) atoms. The Labute approximate surface area is 135 Å². The van der Waals surface area contributed by atoms with Gasteiger partial charge in [0.2, 0.25) is 0 Å². The van der Waals surface area contributed by atoms with Gasteiger partial charge in [0.1, 0.15) is 11.4 Å². The van der Waals surface area contributed by atoms with Crippen LogP contribution in [0.5, 0.6) is 5.75 Å². The minimum atomic E-state index is -0.185. The Balaban J connectivity index is 1.51. The highest BCUT2D eigenvalue weighted by molar-refractivity contribution is 5.92. The molecular formula is C17H21N3O3. The van der Waals surface area contributed by atoms with Crippen molar-refractivity contribution >= 4 is 5.91 Å². The molecule has 3 rings (SSSR count). The number of carbonyl (C=O) groups is 1. The van der Waals surface area contributed by atoms with Gasteiger partial charge in [-0.25, -0.2) is 4.68 Å². The first-order valence-electron chi connectivity index (χ1n) is 7.84. The molecule has 1 atom stereocenters. The van der Waals surface area contributed by atoms with Crippen molar-refractivity contribution < 1.29 is 14.3 Å². The Bertz CT molecular complexity index is 663. The van der Waals surface area contributed by atoms with E-state index in [0.29, 0.717) is 12.2 Å². The molecule has 1 amide bonds. The Kier molecular flexibility index (Phi) is 4.92. The van der Waals surface area contributed by atoms with Crippen LogP contribution in [0.1, 0.15) is 28.9 Å². The monoisotopic (exact) mass is 315 g/mol. The van der Waals surface area contributed by atoms with E-state index in [1.54, 1.807) is 16.9 Å². The van der Waals surface area contributed by atoms with Crippen LogP contribution in [0.15, 0.2) is 36.5 Å². The molecule has 6 nitrogen and oxygen atoms in total. The zero-order chi connectivity index (χ0) is 16.1. The maximum atomic E-state index is 12.1. The molecule has 0 saturated carbocycles. The molecular weight excluding hydrogens is 294 g/mol. The van der Waals surface area contributed by atoms with Crippen LogP contribution in [0.3, 0.4) is 0 Å². The topological polar surface area (TPSA) is 65.4 Å².